The van der Waals surface area contributed by atoms with Crippen LogP contribution < -0.4 is 0 Å². The summed E-state index contributed by atoms with van der Waals surface area (Å²) < 4.78 is 0. The van der Waals surface area contributed by atoms with Crippen LogP contribution in [0.4, 0.5) is 0 Å². The molecule has 3 heteroatoms. The average Bonchev–Trinajstić information content (AvgIpc) is 2.03. The second kappa shape index (κ2) is 6.58. The first-order valence-corrected chi connectivity index (χ1v) is 4.02. The first-order valence-electron chi connectivity index (χ1n) is 4.02. The minimum atomic E-state index is -0.870. The number of unbranched alkanes of at least 4 members (excludes halogenated alkanes) is 3. The van der Waals surface area contributed by atoms with Crippen LogP contribution >= 0.6 is 0 Å². The molecule has 0 aromatic rings. The zero-order valence-corrected chi connectivity index (χ0v) is 7.25. The molecule has 12 heavy (non-hydrogen) atoms. The lowest BCUT2D eigenvalue weighted by atomic mass is 10.1. The fraction of sp³-hybridized carbons (Fsp3) is 0.556. The highest BCUT2D eigenvalue weighted by Crippen LogP contribution is 2.02. The van der Waals surface area contributed by atoms with Gasteiger partial charge in [0.15, 0.2) is 0 Å². The number of allylic oxidation sites excluding steroid dienone is 1. The maximum Gasteiger partial charge on any atom is 0.330 e. The highest BCUT2D eigenvalue weighted by atomic mass is 16.4. The van der Waals surface area contributed by atoms with Crippen LogP contribution in [0.15, 0.2) is 11.6 Å². The fourth-order valence-corrected chi connectivity index (χ4v) is 0.778. The molecule has 0 heterocycles. The van der Waals surface area contributed by atoms with Crippen LogP contribution in [0.25, 0.3) is 0 Å². The van der Waals surface area contributed by atoms with Crippen LogP contribution in [-0.2, 0) is 9.59 Å². The van der Waals surface area contributed by atoms with Gasteiger partial charge in [-0.25, -0.2) is 4.79 Å². The predicted octanol–water partition coefficient (Wildman–Crippen LogP) is 1.78. The number of hydrogen-bond acceptors (Lipinski definition) is 2. The summed E-state index contributed by atoms with van der Waals surface area (Å²) in [6.07, 6.45) is 5.60. The Morgan fingerprint density at radius 2 is 1.92 bits per heavy atom. The van der Waals surface area contributed by atoms with E-state index in [1.165, 1.54) is 0 Å². The third-order valence-electron chi connectivity index (χ3n) is 1.56. The Morgan fingerprint density at radius 1 is 1.33 bits per heavy atom. The molecule has 1 N–H and O–H groups in total. The Bertz CT molecular complexity index is 182. The summed E-state index contributed by atoms with van der Waals surface area (Å²) in [6, 6.07) is 0. The Hall–Kier alpha value is -1.12. The fourth-order valence-electron chi connectivity index (χ4n) is 0.778. The van der Waals surface area contributed by atoms with Gasteiger partial charge in [0.2, 0.25) is 0 Å². The summed E-state index contributed by atoms with van der Waals surface area (Å²) >= 11 is 0. The lowest BCUT2D eigenvalue weighted by Crippen LogP contribution is -1.95. The van der Waals surface area contributed by atoms with Crippen LogP contribution in [0, 0.1) is 0 Å². The van der Waals surface area contributed by atoms with Gasteiger partial charge in [-0.05, 0) is 26.2 Å². The smallest absolute Gasteiger partial charge is 0.330 e. The summed E-state index contributed by atoms with van der Waals surface area (Å²) in [5, 5.41) is 8.46. The molecule has 0 radical (unpaired) electrons. The van der Waals surface area contributed by atoms with E-state index in [9.17, 15) is 9.59 Å². The van der Waals surface area contributed by atoms with Crippen molar-refractivity contribution in [3.8, 4) is 0 Å². The van der Waals surface area contributed by atoms with Gasteiger partial charge in [-0.2, -0.15) is 0 Å². The highest BCUT2D eigenvalue weighted by Gasteiger charge is 1.97. The van der Waals surface area contributed by atoms with E-state index in [1.54, 1.807) is 13.0 Å². The molecule has 0 saturated carbocycles. The third-order valence-corrected chi connectivity index (χ3v) is 1.56. The van der Waals surface area contributed by atoms with E-state index < -0.39 is 5.97 Å². The zero-order valence-electron chi connectivity index (χ0n) is 7.25. The second-order valence-corrected chi connectivity index (χ2v) is 2.64. The van der Waals surface area contributed by atoms with Crippen molar-refractivity contribution in [2.75, 3.05) is 0 Å². The Morgan fingerprint density at radius 3 is 2.42 bits per heavy atom. The molecule has 68 valence electrons. The van der Waals surface area contributed by atoms with Crippen molar-refractivity contribution < 1.29 is 14.7 Å². The second-order valence-electron chi connectivity index (χ2n) is 2.64. The molecular weight excluding hydrogens is 156 g/mol. The number of carbonyl (C=O) groups excluding carboxylic acids is 1. The molecule has 0 fully saturated rings. The summed E-state index contributed by atoms with van der Waals surface area (Å²) in [5.74, 6) is -0.870. The van der Waals surface area contributed by atoms with Gasteiger partial charge in [-0.1, -0.05) is 6.08 Å². The molecule has 0 aromatic carbocycles. The molecule has 0 rings (SSSR count). The van der Waals surface area contributed by atoms with Crippen molar-refractivity contribution in [1.82, 2.24) is 0 Å². The lowest BCUT2D eigenvalue weighted by Gasteiger charge is -1.93. The molecule has 0 aliphatic heterocycles. The van der Waals surface area contributed by atoms with Crippen LogP contribution in [0.5, 0.6) is 0 Å². The van der Waals surface area contributed by atoms with Gasteiger partial charge < -0.3 is 9.90 Å². The number of carboxylic acids is 1. The van der Waals surface area contributed by atoms with Gasteiger partial charge in [-0.3, -0.25) is 0 Å². The summed E-state index contributed by atoms with van der Waals surface area (Å²) in [6.45, 7) is 1.57. The van der Waals surface area contributed by atoms with Crippen LogP contribution in [0.2, 0.25) is 0 Å². The Kier molecular flexibility index (Phi) is 5.97. The molecule has 0 saturated heterocycles. The highest BCUT2D eigenvalue weighted by molar-refractivity contribution is 5.85. The number of aldehydes is 1. The van der Waals surface area contributed by atoms with E-state index in [0.29, 0.717) is 12.0 Å². The Balaban J connectivity index is 3.46. The van der Waals surface area contributed by atoms with Crippen molar-refractivity contribution in [1.29, 1.82) is 0 Å². The molecular formula is C9H14O3. The molecule has 0 unspecified atom stereocenters. The first kappa shape index (κ1) is 10.9. The van der Waals surface area contributed by atoms with Gasteiger partial charge in [0.1, 0.15) is 6.29 Å². The number of carbonyl (C=O) groups is 2. The van der Waals surface area contributed by atoms with Crippen molar-refractivity contribution in [3.05, 3.63) is 11.6 Å². The van der Waals surface area contributed by atoms with Gasteiger partial charge in [0.25, 0.3) is 0 Å². The SMILES string of the molecule is CC(=CCCCCC=O)C(=O)O. The topological polar surface area (TPSA) is 54.4 Å². The van der Waals surface area contributed by atoms with E-state index in [-0.39, 0.29) is 0 Å². The van der Waals surface area contributed by atoms with Crippen molar-refractivity contribution in [2.24, 2.45) is 0 Å². The van der Waals surface area contributed by atoms with Crippen LogP contribution in [0.1, 0.15) is 32.6 Å². The van der Waals surface area contributed by atoms with E-state index in [0.717, 1.165) is 25.5 Å². The van der Waals surface area contributed by atoms with Crippen LogP contribution in [0.3, 0.4) is 0 Å². The largest absolute Gasteiger partial charge is 0.478 e. The molecule has 0 amide bonds. The molecule has 3 nitrogen and oxygen atoms in total. The first-order chi connectivity index (χ1) is 5.68. The number of hydrogen-bond donors (Lipinski definition) is 1. The molecule has 0 spiro atoms. The molecule has 0 bridgehead atoms. The third kappa shape index (κ3) is 5.65. The standard InChI is InChI=1S/C9H14O3/c1-8(9(11)12)6-4-2-3-5-7-10/h6-7H,2-5H2,1H3,(H,11,12). The van der Waals surface area contributed by atoms with Crippen molar-refractivity contribution in [2.45, 2.75) is 32.6 Å². The quantitative estimate of drug-likeness (QED) is 0.375. The molecule has 0 aromatic heterocycles. The van der Waals surface area contributed by atoms with Gasteiger partial charge in [-0.15, -0.1) is 0 Å². The van der Waals surface area contributed by atoms with Crippen LogP contribution in [-0.4, -0.2) is 17.4 Å². The molecule has 0 atom stereocenters. The molecule has 0 aliphatic carbocycles. The van der Waals surface area contributed by atoms with Gasteiger partial charge >= 0.3 is 5.97 Å². The maximum absolute atomic E-state index is 10.3. The summed E-state index contributed by atoms with van der Waals surface area (Å²) in [4.78, 5) is 20.2. The maximum atomic E-state index is 10.3. The summed E-state index contributed by atoms with van der Waals surface area (Å²) in [7, 11) is 0. The lowest BCUT2D eigenvalue weighted by molar-refractivity contribution is -0.132. The number of carboxylic acid groups (broad SMARTS) is 1. The average molecular weight is 170 g/mol. The van der Waals surface area contributed by atoms with Crippen molar-refractivity contribution >= 4 is 12.3 Å². The minimum Gasteiger partial charge on any atom is -0.478 e. The van der Waals surface area contributed by atoms with E-state index in [1.807, 2.05) is 0 Å². The summed E-state index contributed by atoms with van der Waals surface area (Å²) in [5.41, 5.74) is 0.376. The number of rotatable bonds is 6. The molecule has 0 aliphatic rings. The minimum absolute atomic E-state index is 0.376. The normalized spacial score (nSPS) is 11.2. The Labute approximate surface area is 72.1 Å². The van der Waals surface area contributed by atoms with Crippen molar-refractivity contribution in [3.63, 3.8) is 0 Å². The van der Waals surface area contributed by atoms with Gasteiger partial charge in [0.05, 0.1) is 0 Å². The zero-order chi connectivity index (χ0) is 9.40. The van der Waals surface area contributed by atoms with E-state index in [4.69, 9.17) is 5.11 Å². The van der Waals surface area contributed by atoms with E-state index >= 15 is 0 Å². The predicted molar refractivity (Wildman–Crippen MR) is 45.9 cm³/mol. The van der Waals surface area contributed by atoms with Gasteiger partial charge in [0, 0.05) is 12.0 Å². The monoisotopic (exact) mass is 170 g/mol. The number of aliphatic carboxylic acids is 1. The van der Waals surface area contributed by atoms with E-state index in [2.05, 4.69) is 0 Å².